The fourth-order valence-electron chi connectivity index (χ4n) is 2.73. The molecule has 1 saturated heterocycles. The van der Waals surface area contributed by atoms with E-state index in [9.17, 15) is 18.0 Å². The summed E-state index contributed by atoms with van der Waals surface area (Å²) in [6, 6.07) is -0.0571. The molecule has 2 atom stereocenters. The Morgan fingerprint density at radius 3 is 2.30 bits per heavy atom. The fourth-order valence-corrected chi connectivity index (χ4v) is 2.73. The maximum Gasteiger partial charge on any atom is 0.391 e. The molecule has 0 amide bonds. The van der Waals surface area contributed by atoms with Gasteiger partial charge in [-0.3, -0.25) is 4.79 Å². The maximum atomic E-state index is 12.6. The van der Waals surface area contributed by atoms with Crippen LogP contribution < -0.4 is 5.73 Å². The van der Waals surface area contributed by atoms with Gasteiger partial charge in [0.2, 0.25) is 0 Å². The molecule has 0 aromatic carbocycles. The molecule has 7 heteroatoms. The largest absolute Gasteiger partial charge is 0.468 e. The van der Waals surface area contributed by atoms with E-state index in [1.165, 1.54) is 7.11 Å². The molecule has 0 bridgehead atoms. The average Bonchev–Trinajstić information content (AvgIpc) is 2.36. The van der Waals surface area contributed by atoms with E-state index in [1.54, 1.807) is 6.92 Å². The molecule has 2 unspecified atom stereocenters. The van der Waals surface area contributed by atoms with Gasteiger partial charge >= 0.3 is 12.1 Å². The third-order valence-electron chi connectivity index (χ3n) is 3.99. The Bertz CT molecular complexity index is 337. The molecule has 2 N–H and O–H groups in total. The molecule has 118 valence electrons. The number of nitrogens with two attached hydrogens (primary N) is 1. The second kappa shape index (κ2) is 6.30. The number of nitrogens with zero attached hydrogens (tertiary/aromatic N) is 1. The number of hydrogen-bond donors (Lipinski definition) is 1. The highest BCUT2D eigenvalue weighted by molar-refractivity contribution is 5.79. The quantitative estimate of drug-likeness (QED) is 0.805. The molecular formula is C13H23F3N2O2. The maximum absolute atomic E-state index is 12.6. The molecule has 0 spiro atoms. The van der Waals surface area contributed by atoms with Crippen LogP contribution in [0.3, 0.4) is 0 Å². The van der Waals surface area contributed by atoms with Crippen molar-refractivity contribution in [1.82, 2.24) is 4.90 Å². The average molecular weight is 296 g/mol. The monoisotopic (exact) mass is 296 g/mol. The summed E-state index contributed by atoms with van der Waals surface area (Å²) in [6.07, 6.45) is -3.54. The second-order valence-corrected chi connectivity index (χ2v) is 5.81. The third-order valence-corrected chi connectivity index (χ3v) is 3.99. The first kappa shape index (κ1) is 17.2. The van der Waals surface area contributed by atoms with Gasteiger partial charge in [-0.05, 0) is 46.2 Å². The summed E-state index contributed by atoms with van der Waals surface area (Å²) in [5.41, 5.74) is 4.78. The molecule has 0 aromatic heterocycles. The van der Waals surface area contributed by atoms with E-state index in [2.05, 4.69) is 4.74 Å². The zero-order chi connectivity index (χ0) is 15.6. The van der Waals surface area contributed by atoms with Gasteiger partial charge in [-0.2, -0.15) is 13.2 Å². The van der Waals surface area contributed by atoms with Gasteiger partial charge in [0.15, 0.2) is 0 Å². The summed E-state index contributed by atoms with van der Waals surface area (Å²) in [6.45, 7) is 4.21. The van der Waals surface area contributed by atoms with Crippen molar-refractivity contribution >= 4 is 5.97 Å². The Balaban J connectivity index is 2.51. The van der Waals surface area contributed by atoms with Crippen LogP contribution in [0.25, 0.3) is 0 Å². The van der Waals surface area contributed by atoms with Crippen LogP contribution in [-0.4, -0.2) is 48.8 Å². The van der Waals surface area contributed by atoms with Gasteiger partial charge in [-0.15, -0.1) is 0 Å². The van der Waals surface area contributed by atoms with Gasteiger partial charge < -0.3 is 15.4 Å². The number of carbonyl (C=O) groups excluding carboxylic acids is 1. The van der Waals surface area contributed by atoms with Gasteiger partial charge in [0.1, 0.15) is 5.54 Å². The fraction of sp³-hybridized carbons (Fsp3) is 0.923. The topological polar surface area (TPSA) is 55.6 Å². The second-order valence-electron chi connectivity index (χ2n) is 5.81. The van der Waals surface area contributed by atoms with Crippen LogP contribution in [0.4, 0.5) is 13.2 Å². The van der Waals surface area contributed by atoms with Crippen molar-refractivity contribution in [2.24, 2.45) is 11.7 Å². The predicted molar refractivity (Wildman–Crippen MR) is 69.0 cm³/mol. The number of likely N-dealkylation sites (tertiary alicyclic amines) is 1. The lowest BCUT2D eigenvalue weighted by Crippen LogP contribution is -2.52. The molecule has 1 heterocycles. The number of carbonyl (C=O) groups is 1. The van der Waals surface area contributed by atoms with Gasteiger partial charge in [0.25, 0.3) is 0 Å². The molecule has 1 rings (SSSR count). The third kappa shape index (κ3) is 4.34. The first-order valence-corrected chi connectivity index (χ1v) is 6.76. The van der Waals surface area contributed by atoms with Crippen molar-refractivity contribution < 1.29 is 22.7 Å². The van der Waals surface area contributed by atoms with Crippen LogP contribution in [0.5, 0.6) is 0 Å². The van der Waals surface area contributed by atoms with Crippen LogP contribution in [0.1, 0.15) is 33.1 Å². The highest BCUT2D eigenvalue weighted by atomic mass is 19.4. The van der Waals surface area contributed by atoms with Crippen LogP contribution in [0.2, 0.25) is 0 Å². The Kier molecular flexibility index (Phi) is 5.43. The number of alkyl halides is 3. The van der Waals surface area contributed by atoms with Crippen molar-refractivity contribution in [1.29, 1.82) is 0 Å². The first-order valence-electron chi connectivity index (χ1n) is 6.76. The normalized spacial score (nSPS) is 23.1. The number of esters is 1. The van der Waals surface area contributed by atoms with Crippen LogP contribution in [-0.2, 0) is 9.53 Å². The van der Waals surface area contributed by atoms with E-state index in [1.807, 2.05) is 11.8 Å². The molecule has 0 radical (unpaired) electrons. The number of halogens is 3. The van der Waals surface area contributed by atoms with E-state index in [4.69, 9.17) is 5.73 Å². The molecule has 4 nitrogen and oxygen atoms in total. The van der Waals surface area contributed by atoms with Gasteiger partial charge in [-0.1, -0.05) is 0 Å². The Morgan fingerprint density at radius 1 is 1.40 bits per heavy atom. The van der Waals surface area contributed by atoms with E-state index in [0.717, 1.165) is 0 Å². The number of rotatable bonds is 4. The summed E-state index contributed by atoms with van der Waals surface area (Å²) in [5.74, 6) is -1.72. The molecular weight excluding hydrogens is 273 g/mol. The molecule has 1 aliphatic rings. The van der Waals surface area contributed by atoms with E-state index in [-0.39, 0.29) is 18.9 Å². The first-order chi connectivity index (χ1) is 9.08. The Labute approximate surface area is 117 Å². The minimum Gasteiger partial charge on any atom is -0.468 e. The van der Waals surface area contributed by atoms with Crippen molar-refractivity contribution in [3.05, 3.63) is 0 Å². The van der Waals surface area contributed by atoms with Gasteiger partial charge in [0.05, 0.1) is 13.0 Å². The molecule has 1 fully saturated rings. The Morgan fingerprint density at radius 2 is 1.90 bits per heavy atom. The standard InChI is InChI=1S/C13H23F3N2O2/c1-9(8-12(2,17)11(19)20-3)18-6-4-10(5-7-18)13(14,15)16/h9-10H,4-8,17H2,1-3H3. The number of ether oxygens (including phenoxy) is 1. The minimum absolute atomic E-state index is 0.0571. The zero-order valence-corrected chi connectivity index (χ0v) is 12.2. The van der Waals surface area contributed by atoms with Crippen molar-refractivity contribution in [3.8, 4) is 0 Å². The predicted octanol–water partition coefficient (Wildman–Crippen LogP) is 1.93. The highest BCUT2D eigenvalue weighted by Gasteiger charge is 2.42. The summed E-state index contributed by atoms with van der Waals surface area (Å²) >= 11 is 0. The SMILES string of the molecule is COC(=O)C(C)(N)CC(C)N1CCC(C(F)(F)F)CC1. The highest BCUT2D eigenvalue weighted by Crippen LogP contribution is 2.35. The molecule has 0 aromatic rings. The van der Waals surface area contributed by atoms with E-state index >= 15 is 0 Å². The van der Waals surface area contributed by atoms with Crippen molar-refractivity contribution in [2.75, 3.05) is 20.2 Å². The van der Waals surface area contributed by atoms with Crippen LogP contribution in [0.15, 0.2) is 0 Å². The van der Waals surface area contributed by atoms with Crippen LogP contribution >= 0.6 is 0 Å². The zero-order valence-electron chi connectivity index (χ0n) is 12.2. The lowest BCUT2D eigenvalue weighted by Gasteiger charge is -2.38. The van der Waals surface area contributed by atoms with Gasteiger partial charge in [0, 0.05) is 6.04 Å². The lowest BCUT2D eigenvalue weighted by molar-refractivity contribution is -0.186. The molecule has 0 aliphatic carbocycles. The van der Waals surface area contributed by atoms with Crippen LogP contribution in [0, 0.1) is 5.92 Å². The number of piperidine rings is 1. The summed E-state index contributed by atoms with van der Waals surface area (Å²) < 4.78 is 42.4. The molecule has 0 saturated carbocycles. The number of hydrogen-bond acceptors (Lipinski definition) is 4. The van der Waals surface area contributed by atoms with Crippen molar-refractivity contribution in [3.63, 3.8) is 0 Å². The Hall–Kier alpha value is -0.820. The lowest BCUT2D eigenvalue weighted by atomic mass is 9.91. The van der Waals surface area contributed by atoms with Gasteiger partial charge in [-0.25, -0.2) is 0 Å². The smallest absolute Gasteiger partial charge is 0.391 e. The molecule has 20 heavy (non-hydrogen) atoms. The number of methoxy groups -OCH3 is 1. The summed E-state index contributed by atoms with van der Waals surface area (Å²) in [5, 5.41) is 0. The minimum atomic E-state index is -4.11. The van der Waals surface area contributed by atoms with E-state index in [0.29, 0.717) is 19.5 Å². The summed E-state index contributed by atoms with van der Waals surface area (Å²) in [4.78, 5) is 13.5. The summed E-state index contributed by atoms with van der Waals surface area (Å²) in [7, 11) is 1.27. The van der Waals surface area contributed by atoms with E-state index < -0.39 is 23.6 Å². The van der Waals surface area contributed by atoms with Crippen molar-refractivity contribution in [2.45, 2.75) is 50.9 Å². The molecule has 1 aliphatic heterocycles.